The summed E-state index contributed by atoms with van der Waals surface area (Å²) in [6, 6.07) is -0.324. The van der Waals surface area contributed by atoms with Crippen LogP contribution in [0.5, 0.6) is 0 Å². The van der Waals surface area contributed by atoms with Crippen molar-refractivity contribution in [2.75, 3.05) is 21.2 Å². The molecule has 0 bridgehead atoms. The number of hydrogen-bond acceptors (Lipinski definition) is 14. The average molecular weight is 734 g/mol. The van der Waals surface area contributed by atoms with Crippen LogP contribution in [0.3, 0.4) is 0 Å². The number of carbonyl (C=O) groups excluding carboxylic acids is 2. The van der Waals surface area contributed by atoms with E-state index in [1.54, 1.807) is 41.5 Å². The molecule has 5 N–H and O–H groups in total. The van der Waals surface area contributed by atoms with Gasteiger partial charge in [0.2, 0.25) is 0 Å². The second-order valence-electron chi connectivity index (χ2n) is 16.5. The van der Waals surface area contributed by atoms with E-state index in [2.05, 4.69) is 0 Å². The lowest BCUT2D eigenvalue weighted by Gasteiger charge is -2.49. The quantitative estimate of drug-likeness (QED) is 0.238. The molecule has 0 saturated carbocycles. The number of ketones is 1. The van der Waals surface area contributed by atoms with Crippen molar-refractivity contribution in [3.8, 4) is 0 Å². The van der Waals surface area contributed by atoms with Crippen molar-refractivity contribution in [1.29, 1.82) is 0 Å². The molecular weight excluding hydrogens is 666 g/mol. The number of cyclic esters (lactones) is 1. The molecule has 14 nitrogen and oxygen atoms in total. The Morgan fingerprint density at radius 3 is 2.04 bits per heavy atom. The van der Waals surface area contributed by atoms with E-state index in [4.69, 9.17) is 28.4 Å². The van der Waals surface area contributed by atoms with Gasteiger partial charge in [0.05, 0.1) is 47.6 Å². The van der Waals surface area contributed by atoms with Crippen molar-refractivity contribution in [2.45, 2.75) is 179 Å². The van der Waals surface area contributed by atoms with Crippen LogP contribution < -0.4 is 0 Å². The minimum Gasteiger partial charge on any atom is -0.459 e. The van der Waals surface area contributed by atoms with Gasteiger partial charge in [-0.2, -0.15) is 0 Å². The Labute approximate surface area is 304 Å². The van der Waals surface area contributed by atoms with Crippen LogP contribution in [-0.4, -0.2) is 148 Å². The van der Waals surface area contributed by atoms with Crippen LogP contribution in [0.4, 0.5) is 0 Å². The molecule has 15 unspecified atom stereocenters. The summed E-state index contributed by atoms with van der Waals surface area (Å²) < 4.78 is 37.1. The summed E-state index contributed by atoms with van der Waals surface area (Å²) in [6.07, 6.45) is -9.71. The number of esters is 1. The molecule has 3 aliphatic rings. The van der Waals surface area contributed by atoms with Crippen LogP contribution in [0.15, 0.2) is 0 Å². The fourth-order valence-electron chi connectivity index (χ4n) is 8.41. The van der Waals surface area contributed by atoms with Crippen molar-refractivity contribution in [3.05, 3.63) is 0 Å². The summed E-state index contributed by atoms with van der Waals surface area (Å²) in [7, 11) is 5.18. The Hall–Kier alpha value is -1.30. The first-order chi connectivity index (χ1) is 23.4. The highest BCUT2D eigenvalue weighted by Gasteiger charge is 2.53. The second kappa shape index (κ2) is 17.0. The van der Waals surface area contributed by atoms with E-state index in [0.29, 0.717) is 6.42 Å². The van der Waals surface area contributed by atoms with Gasteiger partial charge in [-0.15, -0.1) is 0 Å². The van der Waals surface area contributed by atoms with E-state index >= 15 is 0 Å². The lowest BCUT2D eigenvalue weighted by molar-refractivity contribution is -0.318. The molecular formula is C37H67NO13. The SMILES string of the molecule is CCC1OC(=O)C(C)C(OC2C[C@@](C)(OC)C(O)C(C)O2)C(C)C(OC2OC(C)CC(N(C)C)C2O)[C@@](C)(O)CC(C)C(=O)C(C)C(O)[C@@]1(C)O. The number of carbonyl (C=O) groups is 2. The number of ether oxygens (including phenoxy) is 6. The Bertz CT molecular complexity index is 1170. The van der Waals surface area contributed by atoms with Gasteiger partial charge in [-0.1, -0.05) is 27.7 Å². The second-order valence-corrected chi connectivity index (χ2v) is 16.5. The summed E-state index contributed by atoms with van der Waals surface area (Å²) in [6.45, 7) is 16.3. The normalized spacial score (nSPS) is 49.7. The number of aliphatic hydroxyl groups excluding tert-OH is 3. The number of nitrogens with zero attached hydrogens (tertiary/aromatic N) is 1. The largest absolute Gasteiger partial charge is 0.459 e. The summed E-state index contributed by atoms with van der Waals surface area (Å²) in [5.74, 6) is -4.98. The molecule has 0 aromatic heterocycles. The van der Waals surface area contributed by atoms with E-state index in [1.807, 2.05) is 25.9 Å². The molecule has 0 aromatic carbocycles. The third kappa shape index (κ3) is 9.51. The lowest BCUT2D eigenvalue weighted by Crippen LogP contribution is -2.61. The van der Waals surface area contributed by atoms with Crippen molar-refractivity contribution in [3.63, 3.8) is 0 Å². The number of methoxy groups -OCH3 is 1. The number of hydrogen-bond donors (Lipinski definition) is 5. The zero-order chi connectivity index (χ0) is 39.0. The number of rotatable bonds is 7. The molecule has 0 spiro atoms. The Balaban J connectivity index is 2.18. The van der Waals surface area contributed by atoms with Gasteiger partial charge < -0.3 is 58.9 Å². The van der Waals surface area contributed by atoms with Gasteiger partial charge in [0, 0.05) is 37.3 Å². The molecule has 0 aliphatic carbocycles. The molecule has 14 heteroatoms. The fraction of sp³-hybridized carbons (Fsp3) is 0.946. The van der Waals surface area contributed by atoms with Crippen LogP contribution in [-0.2, 0) is 38.0 Å². The van der Waals surface area contributed by atoms with E-state index in [1.165, 1.54) is 27.9 Å². The molecule has 0 amide bonds. The highest BCUT2D eigenvalue weighted by molar-refractivity contribution is 5.83. The maximum absolute atomic E-state index is 14.1. The molecule has 3 rings (SSSR count). The zero-order valence-electron chi connectivity index (χ0n) is 32.9. The van der Waals surface area contributed by atoms with Gasteiger partial charge in [0.25, 0.3) is 0 Å². The topological polar surface area (TPSA) is 194 Å². The molecule has 3 saturated heterocycles. The fourth-order valence-corrected chi connectivity index (χ4v) is 8.41. The lowest BCUT2D eigenvalue weighted by atomic mass is 9.74. The summed E-state index contributed by atoms with van der Waals surface area (Å²) in [5.41, 5.74) is -4.84. The van der Waals surface area contributed by atoms with Gasteiger partial charge in [-0.05, 0) is 74.9 Å². The third-order valence-corrected chi connectivity index (χ3v) is 11.8. The maximum atomic E-state index is 14.1. The predicted molar refractivity (Wildman–Crippen MR) is 186 cm³/mol. The minimum absolute atomic E-state index is 0.0936. The van der Waals surface area contributed by atoms with Crippen molar-refractivity contribution < 1.29 is 63.5 Å². The summed E-state index contributed by atoms with van der Waals surface area (Å²) in [5, 5.41) is 57.6. The minimum atomic E-state index is -1.99. The maximum Gasteiger partial charge on any atom is 0.311 e. The zero-order valence-corrected chi connectivity index (χ0v) is 32.9. The van der Waals surface area contributed by atoms with Gasteiger partial charge >= 0.3 is 5.97 Å². The summed E-state index contributed by atoms with van der Waals surface area (Å²) in [4.78, 5) is 29.8. The number of Topliss-reactive ketones (excluding diaryl/α,β-unsaturated/α-hetero) is 1. The van der Waals surface area contributed by atoms with Crippen LogP contribution in [0.25, 0.3) is 0 Å². The first-order valence-corrected chi connectivity index (χ1v) is 18.5. The van der Waals surface area contributed by atoms with E-state index in [-0.39, 0.29) is 31.4 Å². The first-order valence-electron chi connectivity index (χ1n) is 18.5. The van der Waals surface area contributed by atoms with Crippen molar-refractivity contribution in [1.82, 2.24) is 4.90 Å². The highest BCUT2D eigenvalue weighted by atomic mass is 16.7. The molecule has 0 aromatic rings. The van der Waals surface area contributed by atoms with Crippen molar-refractivity contribution >= 4 is 11.8 Å². The van der Waals surface area contributed by atoms with Gasteiger partial charge in [-0.3, -0.25) is 9.59 Å². The monoisotopic (exact) mass is 733 g/mol. The van der Waals surface area contributed by atoms with Gasteiger partial charge in [-0.25, -0.2) is 0 Å². The number of aliphatic hydroxyl groups is 5. The molecule has 18 atom stereocenters. The van der Waals surface area contributed by atoms with Crippen LogP contribution >= 0.6 is 0 Å². The molecule has 3 aliphatic heterocycles. The first kappa shape index (κ1) is 44.1. The van der Waals surface area contributed by atoms with E-state index < -0.39 is 108 Å². The van der Waals surface area contributed by atoms with Crippen molar-refractivity contribution in [2.24, 2.45) is 23.7 Å². The highest BCUT2D eigenvalue weighted by Crippen LogP contribution is 2.40. The Morgan fingerprint density at radius 1 is 0.882 bits per heavy atom. The van der Waals surface area contributed by atoms with Crippen LogP contribution in [0.1, 0.15) is 94.9 Å². The molecule has 298 valence electrons. The van der Waals surface area contributed by atoms with Crippen LogP contribution in [0, 0.1) is 23.7 Å². The average Bonchev–Trinajstić information content (AvgIpc) is 3.05. The third-order valence-electron chi connectivity index (χ3n) is 11.8. The van der Waals surface area contributed by atoms with E-state index in [0.717, 1.165) is 0 Å². The molecule has 3 heterocycles. The van der Waals surface area contributed by atoms with Crippen LogP contribution in [0.2, 0.25) is 0 Å². The van der Waals surface area contributed by atoms with E-state index in [9.17, 15) is 35.1 Å². The summed E-state index contributed by atoms with van der Waals surface area (Å²) >= 11 is 0. The molecule has 3 fully saturated rings. The molecule has 0 radical (unpaired) electrons. The molecule has 51 heavy (non-hydrogen) atoms. The smallest absolute Gasteiger partial charge is 0.311 e. The number of likely N-dealkylation sites (N-methyl/N-ethyl adjacent to an activating group) is 1. The Morgan fingerprint density at radius 2 is 1.49 bits per heavy atom. The van der Waals surface area contributed by atoms with Gasteiger partial charge in [0.1, 0.15) is 29.7 Å². The van der Waals surface area contributed by atoms with Gasteiger partial charge in [0.15, 0.2) is 12.6 Å². The Kier molecular flexibility index (Phi) is 14.7. The standard InChI is InChI=1S/C37H67NO13/c1-14-25-37(10,45)30(41)20(4)27(39)18(2)16-35(8,44)32(51-34-28(40)24(38(11)12)15-19(3)47-34)21(5)29(22(6)33(43)49-25)50-26-17-36(9,46-13)31(42)23(7)48-26/h18-26,28-32,34,40-42,44-45H,14-17H2,1-13H3/t18?,19?,20?,21?,22?,23?,24?,25?,26?,28?,29?,30?,31?,32?,34?,35-,36+,37-/m0/s1. The predicted octanol–water partition coefficient (Wildman–Crippen LogP) is 1.79.